The van der Waals surface area contributed by atoms with Crippen molar-refractivity contribution in [3.05, 3.63) is 48.6 Å². The minimum absolute atomic E-state index is 0.336. The van der Waals surface area contributed by atoms with E-state index in [4.69, 9.17) is 0 Å². The van der Waals surface area contributed by atoms with Gasteiger partial charge in [-0.2, -0.15) is 0 Å². The molecular weight excluding hydrogens is 236 g/mol. The van der Waals surface area contributed by atoms with Crippen LogP contribution in [0.1, 0.15) is 45.4 Å². The van der Waals surface area contributed by atoms with Gasteiger partial charge in [0.15, 0.2) is 0 Å². The minimum Gasteiger partial charge on any atom is -0.466 e. The molecule has 0 aliphatic carbocycles. The molecule has 0 aromatic rings. The summed E-state index contributed by atoms with van der Waals surface area (Å²) in [5.41, 5.74) is 0. The fourth-order valence-electron chi connectivity index (χ4n) is 1.50. The van der Waals surface area contributed by atoms with E-state index in [1.165, 1.54) is 45.3 Å². The normalized spacial score (nSPS) is 12.3. The number of carbonyl (C=O) groups excluding carboxylic acids is 1. The minimum atomic E-state index is -0.336. The van der Waals surface area contributed by atoms with Gasteiger partial charge in [0.05, 0.1) is 7.11 Å². The molecule has 0 unspecified atom stereocenters. The van der Waals surface area contributed by atoms with Gasteiger partial charge in [0.1, 0.15) is 0 Å². The van der Waals surface area contributed by atoms with Crippen molar-refractivity contribution in [2.24, 2.45) is 0 Å². The van der Waals surface area contributed by atoms with Crippen LogP contribution in [-0.2, 0) is 9.53 Å². The van der Waals surface area contributed by atoms with Crippen LogP contribution in [0.25, 0.3) is 0 Å². The van der Waals surface area contributed by atoms with Crippen LogP contribution in [-0.4, -0.2) is 13.1 Å². The molecule has 0 aliphatic rings. The number of hydrogen-bond donors (Lipinski definition) is 0. The van der Waals surface area contributed by atoms with Crippen LogP contribution in [0.2, 0.25) is 0 Å². The van der Waals surface area contributed by atoms with Gasteiger partial charge in [-0.3, -0.25) is 0 Å². The van der Waals surface area contributed by atoms with Gasteiger partial charge < -0.3 is 4.74 Å². The standard InChI is InChI=1S/C17H26O2/c1-3-4-5-6-7-8-9-10-11-12-13-14-15-16-17(18)19-2/h9-16H,3-8H2,1-2H3. The number of carbonyl (C=O) groups is 1. The Morgan fingerprint density at radius 3 is 2.21 bits per heavy atom. The Labute approximate surface area is 117 Å². The van der Waals surface area contributed by atoms with E-state index in [0.29, 0.717) is 0 Å². The van der Waals surface area contributed by atoms with Crippen LogP contribution in [0.15, 0.2) is 48.6 Å². The average Bonchev–Trinajstić information content (AvgIpc) is 2.43. The van der Waals surface area contributed by atoms with Gasteiger partial charge in [-0.25, -0.2) is 4.79 Å². The van der Waals surface area contributed by atoms with Crippen molar-refractivity contribution in [1.82, 2.24) is 0 Å². The summed E-state index contributed by atoms with van der Waals surface area (Å²) in [7, 11) is 1.36. The van der Waals surface area contributed by atoms with Crippen molar-refractivity contribution in [2.45, 2.75) is 45.4 Å². The third kappa shape index (κ3) is 14.4. The Morgan fingerprint density at radius 1 is 0.895 bits per heavy atom. The summed E-state index contributed by atoms with van der Waals surface area (Å²) < 4.78 is 4.47. The summed E-state index contributed by atoms with van der Waals surface area (Å²) in [6.45, 7) is 2.23. The quantitative estimate of drug-likeness (QED) is 0.246. The molecule has 0 saturated heterocycles. The molecule has 106 valence electrons. The number of allylic oxidation sites excluding steroid dienone is 7. The Kier molecular flexibility index (Phi) is 13.3. The van der Waals surface area contributed by atoms with Gasteiger partial charge in [-0.1, -0.05) is 75.1 Å². The highest BCUT2D eigenvalue weighted by Gasteiger charge is 1.86. The highest BCUT2D eigenvalue weighted by atomic mass is 16.5. The maximum absolute atomic E-state index is 10.7. The molecule has 0 aromatic carbocycles. The van der Waals surface area contributed by atoms with Crippen LogP contribution >= 0.6 is 0 Å². The molecule has 0 rings (SSSR count). The number of rotatable bonds is 10. The molecule has 0 N–H and O–H groups in total. The Hall–Kier alpha value is -1.57. The lowest BCUT2D eigenvalue weighted by Crippen LogP contribution is -1.92. The first kappa shape index (κ1) is 17.4. The molecule has 0 saturated carbocycles. The van der Waals surface area contributed by atoms with Crippen LogP contribution < -0.4 is 0 Å². The Balaban J connectivity index is 3.54. The zero-order chi connectivity index (χ0) is 14.2. The monoisotopic (exact) mass is 262 g/mol. The van der Waals surface area contributed by atoms with Crippen molar-refractivity contribution in [1.29, 1.82) is 0 Å². The summed E-state index contributed by atoms with van der Waals surface area (Å²) in [6.07, 6.45) is 22.7. The molecular formula is C17H26O2. The number of ether oxygens (including phenoxy) is 1. The van der Waals surface area contributed by atoms with Crippen LogP contribution in [0.4, 0.5) is 0 Å². The second-order valence-corrected chi connectivity index (χ2v) is 4.28. The third-order valence-corrected chi connectivity index (χ3v) is 2.60. The van der Waals surface area contributed by atoms with Crippen molar-refractivity contribution < 1.29 is 9.53 Å². The van der Waals surface area contributed by atoms with Crippen molar-refractivity contribution in [3.63, 3.8) is 0 Å². The highest BCUT2D eigenvalue weighted by Crippen LogP contribution is 2.05. The highest BCUT2D eigenvalue weighted by molar-refractivity contribution is 5.82. The summed E-state index contributed by atoms with van der Waals surface area (Å²) >= 11 is 0. The van der Waals surface area contributed by atoms with E-state index in [1.54, 1.807) is 12.2 Å². The van der Waals surface area contributed by atoms with Crippen molar-refractivity contribution in [3.8, 4) is 0 Å². The maximum Gasteiger partial charge on any atom is 0.330 e. The zero-order valence-corrected chi connectivity index (χ0v) is 12.2. The Bertz CT molecular complexity index is 322. The largest absolute Gasteiger partial charge is 0.466 e. The molecule has 19 heavy (non-hydrogen) atoms. The summed E-state index contributed by atoms with van der Waals surface area (Å²) in [5, 5.41) is 0. The second-order valence-electron chi connectivity index (χ2n) is 4.28. The van der Waals surface area contributed by atoms with E-state index in [0.717, 1.165) is 6.42 Å². The molecule has 0 heterocycles. The molecule has 0 bridgehead atoms. The predicted octanol–water partition coefficient (Wildman–Crippen LogP) is 4.74. The molecule has 0 amide bonds. The molecule has 0 fully saturated rings. The smallest absolute Gasteiger partial charge is 0.330 e. The number of methoxy groups -OCH3 is 1. The second kappa shape index (κ2) is 14.5. The summed E-state index contributed by atoms with van der Waals surface area (Å²) in [4.78, 5) is 10.7. The number of unbranched alkanes of at least 4 members (excludes halogenated alkanes) is 5. The van der Waals surface area contributed by atoms with Crippen molar-refractivity contribution in [2.75, 3.05) is 7.11 Å². The lowest BCUT2D eigenvalue weighted by atomic mass is 10.1. The van der Waals surface area contributed by atoms with Gasteiger partial charge in [0, 0.05) is 6.08 Å². The lowest BCUT2D eigenvalue weighted by molar-refractivity contribution is -0.134. The van der Waals surface area contributed by atoms with Gasteiger partial charge in [-0.05, 0) is 12.8 Å². The molecule has 0 atom stereocenters. The van der Waals surface area contributed by atoms with E-state index in [1.807, 2.05) is 18.2 Å². The van der Waals surface area contributed by atoms with E-state index in [2.05, 4.69) is 23.8 Å². The first-order valence-corrected chi connectivity index (χ1v) is 7.05. The molecule has 0 aromatic heterocycles. The van der Waals surface area contributed by atoms with Gasteiger partial charge in [-0.15, -0.1) is 0 Å². The van der Waals surface area contributed by atoms with Gasteiger partial charge in [0.25, 0.3) is 0 Å². The molecule has 2 nitrogen and oxygen atoms in total. The third-order valence-electron chi connectivity index (χ3n) is 2.60. The van der Waals surface area contributed by atoms with E-state index >= 15 is 0 Å². The lowest BCUT2D eigenvalue weighted by Gasteiger charge is -1.95. The fraction of sp³-hybridized carbons (Fsp3) is 0.471. The fourth-order valence-corrected chi connectivity index (χ4v) is 1.50. The van der Waals surface area contributed by atoms with Crippen LogP contribution in [0.3, 0.4) is 0 Å². The number of hydrogen-bond acceptors (Lipinski definition) is 2. The first-order valence-electron chi connectivity index (χ1n) is 7.05. The maximum atomic E-state index is 10.7. The van der Waals surface area contributed by atoms with E-state index in [9.17, 15) is 4.79 Å². The topological polar surface area (TPSA) is 26.3 Å². The first-order chi connectivity index (χ1) is 9.31. The van der Waals surface area contributed by atoms with Gasteiger partial charge >= 0.3 is 5.97 Å². The Morgan fingerprint density at radius 2 is 1.53 bits per heavy atom. The average molecular weight is 262 g/mol. The zero-order valence-electron chi connectivity index (χ0n) is 12.2. The molecule has 2 heteroatoms. The van der Waals surface area contributed by atoms with E-state index < -0.39 is 0 Å². The van der Waals surface area contributed by atoms with Crippen LogP contribution in [0, 0.1) is 0 Å². The van der Waals surface area contributed by atoms with Crippen LogP contribution in [0.5, 0.6) is 0 Å². The van der Waals surface area contributed by atoms with Crippen molar-refractivity contribution >= 4 is 5.97 Å². The molecule has 0 radical (unpaired) electrons. The predicted molar refractivity (Wildman–Crippen MR) is 82.0 cm³/mol. The molecule has 0 spiro atoms. The number of esters is 1. The summed E-state index contributed by atoms with van der Waals surface area (Å²) in [5.74, 6) is -0.336. The summed E-state index contributed by atoms with van der Waals surface area (Å²) in [6, 6.07) is 0. The SMILES string of the molecule is CCCCCCCC=CC=CC=CC=CC(=O)OC. The van der Waals surface area contributed by atoms with Gasteiger partial charge in [0.2, 0.25) is 0 Å². The van der Waals surface area contributed by atoms with E-state index in [-0.39, 0.29) is 5.97 Å². The molecule has 0 aliphatic heterocycles.